The molecular formula is C23H41IN6O. The Hall–Kier alpha value is -1.10. The van der Waals surface area contributed by atoms with Crippen molar-refractivity contribution in [3.63, 3.8) is 0 Å². The lowest BCUT2D eigenvalue weighted by Crippen LogP contribution is -2.46. The van der Waals surface area contributed by atoms with Crippen LogP contribution in [0.15, 0.2) is 29.3 Å². The molecule has 0 spiro atoms. The zero-order chi connectivity index (χ0) is 21.0. The molecule has 1 aromatic rings. The van der Waals surface area contributed by atoms with Gasteiger partial charge in [0.25, 0.3) is 0 Å². The molecule has 2 aliphatic heterocycles. The molecule has 0 aliphatic carbocycles. The van der Waals surface area contributed by atoms with Gasteiger partial charge >= 0.3 is 0 Å². The van der Waals surface area contributed by atoms with Crippen LogP contribution in [0.1, 0.15) is 24.8 Å². The van der Waals surface area contributed by atoms with E-state index in [0.29, 0.717) is 5.96 Å². The van der Waals surface area contributed by atoms with E-state index in [-0.39, 0.29) is 24.0 Å². The maximum absolute atomic E-state index is 5.99. The van der Waals surface area contributed by atoms with E-state index in [4.69, 9.17) is 10.5 Å². The Kier molecular flexibility index (Phi) is 12.5. The number of nitrogens with zero attached hydrogens (tertiary/aromatic N) is 4. The second-order valence-electron chi connectivity index (χ2n) is 8.38. The molecule has 31 heavy (non-hydrogen) atoms. The molecule has 1 aromatic carbocycles. The van der Waals surface area contributed by atoms with Crippen LogP contribution >= 0.6 is 24.0 Å². The number of hydrogen-bond donors (Lipinski definition) is 2. The predicted molar refractivity (Wildman–Crippen MR) is 141 cm³/mol. The van der Waals surface area contributed by atoms with E-state index in [1.54, 1.807) is 0 Å². The summed E-state index contributed by atoms with van der Waals surface area (Å²) in [5.41, 5.74) is 8.68. The molecular weight excluding hydrogens is 503 g/mol. The molecule has 3 rings (SSSR count). The van der Waals surface area contributed by atoms with E-state index in [0.717, 1.165) is 85.0 Å². The molecule has 2 heterocycles. The van der Waals surface area contributed by atoms with E-state index < -0.39 is 0 Å². The lowest BCUT2D eigenvalue weighted by Gasteiger charge is -2.36. The van der Waals surface area contributed by atoms with Crippen molar-refractivity contribution in [2.24, 2.45) is 10.7 Å². The number of nitrogens with one attached hydrogen (secondary N) is 1. The molecule has 176 valence electrons. The van der Waals surface area contributed by atoms with E-state index in [1.165, 1.54) is 24.2 Å². The topological polar surface area (TPSA) is 69.4 Å². The number of hydrogen-bond acceptors (Lipinski definition) is 5. The normalized spacial score (nSPS) is 18.6. The Balaban J connectivity index is 0.00000341. The first-order valence-electron chi connectivity index (χ1n) is 11.6. The van der Waals surface area contributed by atoms with Crippen LogP contribution in [0.4, 0.5) is 5.69 Å². The van der Waals surface area contributed by atoms with Gasteiger partial charge < -0.3 is 20.7 Å². The number of nitrogens with two attached hydrogens (primary N) is 1. The maximum atomic E-state index is 5.99. The second-order valence-corrected chi connectivity index (χ2v) is 8.38. The molecule has 8 heteroatoms. The molecule has 0 saturated carbocycles. The van der Waals surface area contributed by atoms with E-state index in [9.17, 15) is 0 Å². The molecule has 7 nitrogen and oxygen atoms in total. The minimum absolute atomic E-state index is 0. The van der Waals surface area contributed by atoms with E-state index in [2.05, 4.69) is 56.2 Å². The summed E-state index contributed by atoms with van der Waals surface area (Å²) in [6, 6.07) is 8.83. The Morgan fingerprint density at radius 1 is 1.00 bits per heavy atom. The van der Waals surface area contributed by atoms with Gasteiger partial charge in [0, 0.05) is 64.6 Å². The zero-order valence-corrected chi connectivity index (χ0v) is 21.4. The Labute approximate surface area is 205 Å². The van der Waals surface area contributed by atoms with Crippen LogP contribution in [-0.4, -0.2) is 94.4 Å². The third-order valence-corrected chi connectivity index (χ3v) is 5.96. The number of morpholine rings is 1. The highest BCUT2D eigenvalue weighted by Gasteiger charge is 2.16. The second kappa shape index (κ2) is 14.9. The maximum Gasteiger partial charge on any atom is 0.188 e. The summed E-state index contributed by atoms with van der Waals surface area (Å²) in [4.78, 5) is 12.0. The third kappa shape index (κ3) is 9.93. The predicted octanol–water partition coefficient (Wildman–Crippen LogP) is 2.14. The quantitative estimate of drug-likeness (QED) is 0.204. The number of rotatable bonds is 10. The molecule has 0 amide bonds. The number of anilines is 1. The number of piperazine rings is 1. The van der Waals surface area contributed by atoms with Crippen LogP contribution in [0.2, 0.25) is 0 Å². The summed E-state index contributed by atoms with van der Waals surface area (Å²) in [7, 11) is 0. The Morgan fingerprint density at radius 2 is 1.71 bits per heavy atom. The van der Waals surface area contributed by atoms with E-state index >= 15 is 0 Å². The average molecular weight is 545 g/mol. The average Bonchev–Trinajstić information content (AvgIpc) is 2.78. The largest absolute Gasteiger partial charge is 0.379 e. The molecule has 2 saturated heterocycles. The van der Waals surface area contributed by atoms with Gasteiger partial charge in [-0.3, -0.25) is 14.8 Å². The van der Waals surface area contributed by atoms with Crippen LogP contribution in [0.5, 0.6) is 0 Å². The number of unbranched alkanes of at least 4 members (excludes halogenated alkanes) is 1. The number of aliphatic imine (C=N–C) groups is 1. The highest BCUT2D eigenvalue weighted by Crippen LogP contribution is 2.17. The molecule has 0 aromatic heterocycles. The lowest BCUT2D eigenvalue weighted by atomic mass is 10.2. The fraction of sp³-hybridized carbons (Fsp3) is 0.696. The Morgan fingerprint density at radius 3 is 2.45 bits per heavy atom. The van der Waals surface area contributed by atoms with Crippen LogP contribution in [0.25, 0.3) is 0 Å². The van der Waals surface area contributed by atoms with Crippen molar-refractivity contribution in [3.05, 3.63) is 29.8 Å². The number of ether oxygens (including phenoxy) is 1. The minimum Gasteiger partial charge on any atom is -0.379 e. The van der Waals surface area contributed by atoms with Crippen molar-refractivity contribution in [1.82, 2.24) is 15.1 Å². The van der Waals surface area contributed by atoms with Gasteiger partial charge in [0.15, 0.2) is 5.96 Å². The number of halogens is 1. The number of aryl methyl sites for hydroxylation is 1. The zero-order valence-electron chi connectivity index (χ0n) is 19.1. The van der Waals surface area contributed by atoms with Gasteiger partial charge in [-0.1, -0.05) is 12.1 Å². The molecule has 3 N–H and O–H groups in total. The first-order valence-corrected chi connectivity index (χ1v) is 11.6. The summed E-state index contributed by atoms with van der Waals surface area (Å²) < 4.78 is 5.37. The van der Waals surface area contributed by atoms with Crippen molar-refractivity contribution < 1.29 is 4.74 Å². The highest BCUT2D eigenvalue weighted by atomic mass is 127. The van der Waals surface area contributed by atoms with Crippen LogP contribution in [0.3, 0.4) is 0 Å². The third-order valence-electron chi connectivity index (χ3n) is 5.96. The van der Waals surface area contributed by atoms with Crippen molar-refractivity contribution >= 4 is 35.6 Å². The van der Waals surface area contributed by atoms with Crippen LogP contribution in [-0.2, 0) is 4.74 Å². The Bertz CT molecular complexity index is 645. The first-order chi connectivity index (χ1) is 14.7. The van der Waals surface area contributed by atoms with Gasteiger partial charge in [0.05, 0.1) is 13.2 Å². The molecule has 2 fully saturated rings. The minimum atomic E-state index is 0. The van der Waals surface area contributed by atoms with Gasteiger partial charge in [-0.25, -0.2) is 0 Å². The number of benzene rings is 1. The summed E-state index contributed by atoms with van der Waals surface area (Å²) >= 11 is 0. The van der Waals surface area contributed by atoms with Crippen molar-refractivity contribution in [3.8, 4) is 0 Å². The summed E-state index contributed by atoms with van der Waals surface area (Å²) in [5, 5.41) is 3.26. The fourth-order valence-corrected chi connectivity index (χ4v) is 4.11. The smallest absolute Gasteiger partial charge is 0.188 e. The van der Waals surface area contributed by atoms with Crippen molar-refractivity contribution in [1.29, 1.82) is 0 Å². The van der Waals surface area contributed by atoms with Gasteiger partial charge in [0.2, 0.25) is 0 Å². The fourth-order valence-electron chi connectivity index (χ4n) is 4.11. The standard InChI is InChI=1S/C23H40N6O.HI/c1-21-6-4-7-22(20-21)29-14-12-27(13-15-29)10-3-2-8-25-23(24)26-9-5-11-28-16-18-30-19-17-28;/h4,6-7,20H,2-3,5,8-19H2,1H3,(H3,24,25,26);1H. The summed E-state index contributed by atoms with van der Waals surface area (Å²) in [6.45, 7) is 14.4. The number of guanidine groups is 1. The van der Waals surface area contributed by atoms with Gasteiger partial charge in [-0.2, -0.15) is 0 Å². The molecule has 0 atom stereocenters. The molecule has 0 unspecified atom stereocenters. The monoisotopic (exact) mass is 544 g/mol. The van der Waals surface area contributed by atoms with Crippen molar-refractivity contribution in [2.75, 3.05) is 83.6 Å². The lowest BCUT2D eigenvalue weighted by molar-refractivity contribution is 0.0377. The molecule has 2 aliphatic rings. The van der Waals surface area contributed by atoms with E-state index in [1.807, 2.05) is 0 Å². The van der Waals surface area contributed by atoms with Gasteiger partial charge in [-0.05, 0) is 50.4 Å². The van der Waals surface area contributed by atoms with Crippen LogP contribution in [0, 0.1) is 6.92 Å². The van der Waals surface area contributed by atoms with Crippen LogP contribution < -0.4 is 16.0 Å². The SMILES string of the molecule is Cc1cccc(N2CCN(CCCCNC(N)=NCCCN3CCOCC3)CC2)c1.I. The highest BCUT2D eigenvalue weighted by molar-refractivity contribution is 14.0. The first kappa shape index (κ1) is 26.2. The van der Waals surface area contributed by atoms with Crippen molar-refractivity contribution in [2.45, 2.75) is 26.2 Å². The molecule has 0 radical (unpaired) electrons. The summed E-state index contributed by atoms with van der Waals surface area (Å²) in [5.74, 6) is 0.587. The molecule has 0 bridgehead atoms. The summed E-state index contributed by atoms with van der Waals surface area (Å²) in [6.07, 6.45) is 3.38. The van der Waals surface area contributed by atoms with Gasteiger partial charge in [-0.15, -0.1) is 24.0 Å². The van der Waals surface area contributed by atoms with Gasteiger partial charge in [0.1, 0.15) is 0 Å².